The summed E-state index contributed by atoms with van der Waals surface area (Å²) in [5.74, 6) is 0.883. The second-order valence-electron chi connectivity index (χ2n) is 8.38. The van der Waals surface area contributed by atoms with E-state index in [0.29, 0.717) is 41.8 Å². The number of benzene rings is 2. The molecule has 8 heteroatoms. The molecule has 32 heavy (non-hydrogen) atoms. The average molecular weight is 471 g/mol. The number of carbonyl (C=O) groups is 1. The second-order valence-corrected chi connectivity index (χ2v) is 9.25. The third kappa shape index (κ3) is 4.28. The Balaban J connectivity index is 1.22. The largest absolute Gasteiger partial charge is 0.390 e. The summed E-state index contributed by atoms with van der Waals surface area (Å²) in [5.41, 5.74) is 1.54. The van der Waals surface area contributed by atoms with Gasteiger partial charge in [-0.2, -0.15) is 0 Å². The van der Waals surface area contributed by atoms with Crippen LogP contribution in [0.25, 0.3) is 10.9 Å². The first-order chi connectivity index (χ1) is 15.5. The Morgan fingerprint density at radius 2 is 1.62 bits per heavy atom. The molecule has 0 aliphatic carbocycles. The molecular formula is C24H24Cl2N4O2. The highest BCUT2D eigenvalue weighted by atomic mass is 35.5. The quantitative estimate of drug-likeness (QED) is 0.634. The van der Waals surface area contributed by atoms with E-state index in [1.165, 1.54) is 0 Å². The lowest BCUT2D eigenvalue weighted by molar-refractivity contribution is 0.0376. The van der Waals surface area contributed by atoms with Gasteiger partial charge in [0.05, 0.1) is 17.7 Å². The number of anilines is 1. The minimum Gasteiger partial charge on any atom is -0.390 e. The van der Waals surface area contributed by atoms with Gasteiger partial charge >= 0.3 is 0 Å². The first-order valence-corrected chi connectivity index (χ1v) is 11.5. The van der Waals surface area contributed by atoms with Crippen LogP contribution in [0.5, 0.6) is 0 Å². The molecule has 6 nitrogen and oxygen atoms in total. The summed E-state index contributed by atoms with van der Waals surface area (Å²) in [6.07, 6.45) is -0.462. The van der Waals surface area contributed by atoms with Gasteiger partial charge in [-0.3, -0.25) is 9.69 Å². The maximum Gasteiger partial charge on any atom is 0.253 e. The number of aliphatic hydroxyl groups excluding tert-OH is 1. The number of halogens is 2. The van der Waals surface area contributed by atoms with Gasteiger partial charge in [0.1, 0.15) is 5.82 Å². The SMILES string of the molecule is O=C(c1ccc(Cl)cc1)N1CCN(C2CN(c3ccc4cc(Cl)ccc4n3)CC2O)CC1. The molecule has 2 aromatic carbocycles. The lowest BCUT2D eigenvalue weighted by Gasteiger charge is -2.38. The predicted molar refractivity (Wildman–Crippen MR) is 128 cm³/mol. The predicted octanol–water partition coefficient (Wildman–Crippen LogP) is 3.55. The van der Waals surface area contributed by atoms with Gasteiger partial charge < -0.3 is 14.9 Å². The molecule has 2 atom stereocenters. The van der Waals surface area contributed by atoms with Gasteiger partial charge in [0.2, 0.25) is 0 Å². The summed E-state index contributed by atoms with van der Waals surface area (Å²) in [6, 6.07) is 16.7. The smallest absolute Gasteiger partial charge is 0.253 e. The van der Waals surface area contributed by atoms with Crippen LogP contribution in [0, 0.1) is 0 Å². The van der Waals surface area contributed by atoms with Crippen LogP contribution in [-0.4, -0.2) is 77.2 Å². The number of aromatic nitrogens is 1. The molecule has 2 aliphatic heterocycles. The third-order valence-electron chi connectivity index (χ3n) is 6.38. The third-order valence-corrected chi connectivity index (χ3v) is 6.87. The van der Waals surface area contributed by atoms with Crippen molar-refractivity contribution < 1.29 is 9.90 Å². The highest BCUT2D eigenvalue weighted by Gasteiger charge is 2.37. The van der Waals surface area contributed by atoms with Crippen LogP contribution in [-0.2, 0) is 0 Å². The van der Waals surface area contributed by atoms with E-state index in [1.54, 1.807) is 24.3 Å². The zero-order valence-electron chi connectivity index (χ0n) is 17.5. The van der Waals surface area contributed by atoms with Crippen molar-refractivity contribution in [1.29, 1.82) is 0 Å². The van der Waals surface area contributed by atoms with Gasteiger partial charge in [-0.25, -0.2) is 4.98 Å². The van der Waals surface area contributed by atoms with Crippen molar-refractivity contribution in [1.82, 2.24) is 14.8 Å². The van der Waals surface area contributed by atoms with Gasteiger partial charge in [-0.05, 0) is 54.6 Å². The number of amides is 1. The standard InChI is InChI=1S/C24H24Cl2N4O2/c25-18-4-1-16(2-5-18)24(32)29-11-9-28(10-12-29)21-14-30(15-22(21)31)23-8-3-17-13-19(26)6-7-20(17)27-23/h1-8,13,21-22,31H,9-12,14-15H2. The van der Waals surface area contributed by atoms with Crippen LogP contribution in [0.15, 0.2) is 54.6 Å². The van der Waals surface area contributed by atoms with Gasteiger partial charge in [0, 0.05) is 60.3 Å². The first-order valence-electron chi connectivity index (χ1n) is 10.8. The van der Waals surface area contributed by atoms with Crippen molar-refractivity contribution in [3.8, 4) is 0 Å². The van der Waals surface area contributed by atoms with E-state index >= 15 is 0 Å². The summed E-state index contributed by atoms with van der Waals surface area (Å²) in [5, 5.41) is 13.1. The maximum absolute atomic E-state index is 12.8. The Kier molecular flexibility index (Phi) is 5.95. The summed E-state index contributed by atoms with van der Waals surface area (Å²) in [7, 11) is 0. The normalized spacial score (nSPS) is 22.0. The van der Waals surface area contributed by atoms with Crippen LogP contribution in [0.4, 0.5) is 5.82 Å². The number of hydrogen-bond acceptors (Lipinski definition) is 5. The van der Waals surface area contributed by atoms with Crippen LogP contribution in [0.1, 0.15) is 10.4 Å². The molecule has 5 rings (SSSR count). The minimum atomic E-state index is -0.462. The number of carbonyl (C=O) groups excluding carboxylic acids is 1. The molecule has 166 valence electrons. The lowest BCUT2D eigenvalue weighted by atomic mass is 10.1. The van der Waals surface area contributed by atoms with E-state index in [9.17, 15) is 9.90 Å². The molecule has 3 aromatic rings. The number of fused-ring (bicyclic) bond motifs is 1. The fourth-order valence-electron chi connectivity index (χ4n) is 4.61. The zero-order chi connectivity index (χ0) is 22.2. The Labute approximate surface area is 197 Å². The monoisotopic (exact) mass is 470 g/mol. The molecule has 2 unspecified atom stereocenters. The van der Waals surface area contributed by atoms with Crippen molar-refractivity contribution >= 4 is 45.8 Å². The zero-order valence-corrected chi connectivity index (χ0v) is 19.0. The van der Waals surface area contributed by atoms with Crippen LogP contribution >= 0.6 is 23.2 Å². The number of piperazine rings is 1. The highest BCUT2D eigenvalue weighted by molar-refractivity contribution is 6.31. The maximum atomic E-state index is 12.8. The molecule has 2 saturated heterocycles. The molecule has 2 aliphatic rings. The summed E-state index contributed by atoms with van der Waals surface area (Å²) < 4.78 is 0. The van der Waals surface area contributed by atoms with Crippen LogP contribution < -0.4 is 4.90 Å². The number of β-amino-alcohol motifs (C(OH)–C–C–N with tert-alkyl or cyclic N) is 1. The number of pyridine rings is 1. The van der Waals surface area contributed by atoms with E-state index in [0.717, 1.165) is 29.8 Å². The second kappa shape index (κ2) is 8.87. The highest BCUT2D eigenvalue weighted by Crippen LogP contribution is 2.26. The summed E-state index contributed by atoms with van der Waals surface area (Å²) >= 11 is 12.0. The molecule has 0 radical (unpaired) electrons. The van der Waals surface area contributed by atoms with Crippen LogP contribution in [0.2, 0.25) is 10.0 Å². The van der Waals surface area contributed by atoms with E-state index in [1.807, 2.05) is 35.2 Å². The van der Waals surface area contributed by atoms with E-state index in [-0.39, 0.29) is 11.9 Å². The van der Waals surface area contributed by atoms with Crippen molar-refractivity contribution in [2.24, 2.45) is 0 Å². The summed E-state index contributed by atoms with van der Waals surface area (Å²) in [4.78, 5) is 23.8. The summed E-state index contributed by atoms with van der Waals surface area (Å²) in [6.45, 7) is 4.00. The number of hydrogen-bond donors (Lipinski definition) is 1. The van der Waals surface area contributed by atoms with Gasteiger partial charge in [-0.1, -0.05) is 23.2 Å². The van der Waals surface area contributed by atoms with Gasteiger partial charge in [0.25, 0.3) is 5.91 Å². The molecule has 0 saturated carbocycles. The molecular weight excluding hydrogens is 447 g/mol. The molecule has 1 aromatic heterocycles. The van der Waals surface area contributed by atoms with E-state index < -0.39 is 6.10 Å². The number of aliphatic hydroxyl groups is 1. The lowest BCUT2D eigenvalue weighted by Crippen LogP contribution is -2.54. The Morgan fingerprint density at radius 3 is 2.38 bits per heavy atom. The van der Waals surface area contributed by atoms with Gasteiger partial charge in [-0.15, -0.1) is 0 Å². The minimum absolute atomic E-state index is 0.0190. The van der Waals surface area contributed by atoms with Gasteiger partial charge in [0.15, 0.2) is 0 Å². The number of nitrogens with zero attached hydrogens (tertiary/aromatic N) is 4. The van der Waals surface area contributed by atoms with Crippen LogP contribution in [0.3, 0.4) is 0 Å². The van der Waals surface area contributed by atoms with Crippen molar-refractivity contribution in [2.75, 3.05) is 44.2 Å². The average Bonchev–Trinajstić information content (AvgIpc) is 3.20. The molecule has 1 N–H and O–H groups in total. The Morgan fingerprint density at radius 1 is 0.906 bits per heavy atom. The molecule has 0 bridgehead atoms. The Hall–Kier alpha value is -2.38. The molecule has 1 amide bonds. The molecule has 0 spiro atoms. The van der Waals surface area contributed by atoms with Crippen molar-refractivity contribution in [3.63, 3.8) is 0 Å². The Bertz CT molecular complexity index is 1130. The van der Waals surface area contributed by atoms with Crippen molar-refractivity contribution in [2.45, 2.75) is 12.1 Å². The van der Waals surface area contributed by atoms with E-state index in [2.05, 4.69) is 9.80 Å². The topological polar surface area (TPSA) is 59.9 Å². The fraction of sp³-hybridized carbons (Fsp3) is 0.333. The molecule has 3 heterocycles. The number of rotatable bonds is 3. The fourth-order valence-corrected chi connectivity index (χ4v) is 4.92. The van der Waals surface area contributed by atoms with E-state index in [4.69, 9.17) is 28.2 Å². The first kappa shape index (κ1) is 21.5. The van der Waals surface area contributed by atoms with Crippen molar-refractivity contribution in [3.05, 3.63) is 70.2 Å². The molecule has 2 fully saturated rings.